The number of unbranched alkanes of at least 4 members (excludes halogenated alkanes) is 1. The molecule has 1 aliphatic carbocycles. The molecule has 21 heavy (non-hydrogen) atoms. The fourth-order valence-corrected chi connectivity index (χ4v) is 2.72. The number of esters is 1. The van der Waals surface area contributed by atoms with Gasteiger partial charge in [0.2, 0.25) is 0 Å². The van der Waals surface area contributed by atoms with Gasteiger partial charge in [-0.1, -0.05) is 13.3 Å². The van der Waals surface area contributed by atoms with Crippen LogP contribution in [-0.4, -0.2) is 40.6 Å². The summed E-state index contributed by atoms with van der Waals surface area (Å²) in [5.41, 5.74) is 6.33. The molecule has 2 unspecified atom stereocenters. The standard InChI is InChI=1S/C14H24N4O3/c1-3-4-8-16-13-11(14(20)21-2)12(15)18(17-13)9-6-5-7-10(9)19/h9-10,19H,3-8,15H2,1-2H3,(H,16,17). The smallest absolute Gasteiger partial charge is 0.345 e. The van der Waals surface area contributed by atoms with Crippen molar-refractivity contribution >= 4 is 17.6 Å². The molecule has 0 saturated heterocycles. The second-order valence-corrected chi connectivity index (χ2v) is 5.39. The number of methoxy groups -OCH3 is 1. The lowest BCUT2D eigenvalue weighted by Crippen LogP contribution is -2.21. The van der Waals surface area contributed by atoms with Crippen LogP contribution in [0.1, 0.15) is 55.4 Å². The Hall–Kier alpha value is -1.76. The van der Waals surface area contributed by atoms with Gasteiger partial charge < -0.3 is 20.9 Å². The summed E-state index contributed by atoms with van der Waals surface area (Å²) in [6, 6.07) is -0.171. The number of hydrogen-bond donors (Lipinski definition) is 3. The van der Waals surface area contributed by atoms with Crippen LogP contribution in [0.5, 0.6) is 0 Å². The van der Waals surface area contributed by atoms with Crippen LogP contribution in [0.15, 0.2) is 0 Å². The average molecular weight is 296 g/mol. The fraction of sp³-hybridized carbons (Fsp3) is 0.714. The Morgan fingerprint density at radius 1 is 1.57 bits per heavy atom. The van der Waals surface area contributed by atoms with Gasteiger partial charge in [0.1, 0.15) is 11.4 Å². The predicted molar refractivity (Wildman–Crippen MR) is 80.3 cm³/mol. The monoisotopic (exact) mass is 296 g/mol. The first-order valence-corrected chi connectivity index (χ1v) is 7.48. The number of aliphatic hydroxyl groups is 1. The highest BCUT2D eigenvalue weighted by molar-refractivity contribution is 5.99. The number of nitrogens with one attached hydrogen (secondary N) is 1. The lowest BCUT2D eigenvalue weighted by molar-refractivity contribution is 0.0602. The predicted octanol–water partition coefficient (Wildman–Crippen LogP) is 1.55. The van der Waals surface area contributed by atoms with Crippen LogP contribution in [0.2, 0.25) is 0 Å². The highest BCUT2D eigenvalue weighted by Crippen LogP contribution is 2.34. The van der Waals surface area contributed by atoms with Crippen LogP contribution in [0.25, 0.3) is 0 Å². The summed E-state index contributed by atoms with van der Waals surface area (Å²) in [4.78, 5) is 11.9. The number of carbonyl (C=O) groups excluding carboxylic acids is 1. The van der Waals surface area contributed by atoms with Crippen LogP contribution < -0.4 is 11.1 Å². The first-order valence-electron chi connectivity index (χ1n) is 7.48. The number of rotatable bonds is 6. The van der Waals surface area contributed by atoms with E-state index in [1.807, 2.05) is 0 Å². The molecule has 0 bridgehead atoms. The number of carbonyl (C=O) groups is 1. The van der Waals surface area contributed by atoms with Gasteiger partial charge in [0, 0.05) is 6.54 Å². The van der Waals surface area contributed by atoms with E-state index in [1.54, 1.807) is 4.68 Å². The van der Waals surface area contributed by atoms with E-state index in [9.17, 15) is 9.90 Å². The molecule has 4 N–H and O–H groups in total. The minimum Gasteiger partial charge on any atom is -0.465 e. The van der Waals surface area contributed by atoms with E-state index in [0.717, 1.165) is 32.1 Å². The van der Waals surface area contributed by atoms with E-state index in [-0.39, 0.29) is 17.4 Å². The minimum atomic E-state index is -0.509. The lowest BCUT2D eigenvalue weighted by atomic mass is 10.2. The molecule has 1 heterocycles. The van der Waals surface area contributed by atoms with Crippen molar-refractivity contribution in [3.05, 3.63) is 5.56 Å². The second kappa shape index (κ2) is 6.80. The normalized spacial score (nSPS) is 21.5. The third-order valence-corrected chi connectivity index (χ3v) is 3.92. The molecule has 1 aromatic heterocycles. The van der Waals surface area contributed by atoms with Crippen molar-refractivity contribution in [2.75, 3.05) is 24.7 Å². The molecule has 0 amide bonds. The maximum absolute atomic E-state index is 11.9. The first-order chi connectivity index (χ1) is 10.1. The van der Waals surface area contributed by atoms with Gasteiger partial charge >= 0.3 is 5.97 Å². The number of nitrogens with two attached hydrogens (primary N) is 1. The molecule has 1 saturated carbocycles. The molecular weight excluding hydrogens is 272 g/mol. The van der Waals surface area contributed by atoms with Crippen molar-refractivity contribution in [3.8, 4) is 0 Å². The molecule has 2 rings (SSSR count). The molecule has 118 valence electrons. The van der Waals surface area contributed by atoms with Gasteiger partial charge in [0.05, 0.1) is 19.3 Å². The zero-order valence-electron chi connectivity index (χ0n) is 12.6. The van der Waals surface area contributed by atoms with Gasteiger partial charge in [0.25, 0.3) is 0 Å². The molecular formula is C14H24N4O3. The van der Waals surface area contributed by atoms with Crippen molar-refractivity contribution in [1.82, 2.24) is 9.78 Å². The summed E-state index contributed by atoms with van der Waals surface area (Å²) in [5.74, 6) is 0.184. The number of nitrogen functional groups attached to an aromatic ring is 1. The zero-order chi connectivity index (χ0) is 15.4. The molecule has 1 aliphatic rings. The topological polar surface area (TPSA) is 102 Å². The molecule has 0 aromatic carbocycles. The van der Waals surface area contributed by atoms with Crippen molar-refractivity contribution in [2.45, 2.75) is 51.2 Å². The molecule has 0 spiro atoms. The van der Waals surface area contributed by atoms with E-state index < -0.39 is 12.1 Å². The summed E-state index contributed by atoms with van der Waals surface area (Å²) < 4.78 is 6.36. The van der Waals surface area contributed by atoms with Gasteiger partial charge in [-0.05, 0) is 25.7 Å². The maximum Gasteiger partial charge on any atom is 0.345 e. The summed E-state index contributed by atoms with van der Waals surface area (Å²) in [6.07, 6.45) is 4.01. The lowest BCUT2D eigenvalue weighted by Gasteiger charge is -2.16. The summed E-state index contributed by atoms with van der Waals surface area (Å²) in [7, 11) is 1.32. The Kier molecular flexibility index (Phi) is 5.06. The van der Waals surface area contributed by atoms with Gasteiger partial charge in [0.15, 0.2) is 5.82 Å². The Bertz CT molecular complexity index is 501. The Morgan fingerprint density at radius 3 is 2.90 bits per heavy atom. The third kappa shape index (κ3) is 3.12. The number of aromatic nitrogens is 2. The van der Waals surface area contributed by atoms with Crippen LogP contribution in [0, 0.1) is 0 Å². The quantitative estimate of drug-likeness (QED) is 0.543. The molecule has 7 heteroatoms. The summed E-state index contributed by atoms with van der Waals surface area (Å²) in [6.45, 7) is 2.80. The Balaban J connectivity index is 2.31. The SMILES string of the molecule is CCCCNc1nn(C2CCCC2O)c(N)c1C(=O)OC. The average Bonchev–Trinajstić information content (AvgIpc) is 3.02. The highest BCUT2D eigenvalue weighted by Gasteiger charge is 2.32. The molecule has 1 fully saturated rings. The van der Waals surface area contributed by atoms with Gasteiger partial charge in [-0.15, -0.1) is 0 Å². The van der Waals surface area contributed by atoms with Crippen LogP contribution in [-0.2, 0) is 4.74 Å². The number of aliphatic hydroxyl groups excluding tert-OH is 1. The molecule has 0 radical (unpaired) electrons. The number of anilines is 2. The van der Waals surface area contributed by atoms with E-state index in [0.29, 0.717) is 12.4 Å². The van der Waals surface area contributed by atoms with Crippen molar-refractivity contribution in [3.63, 3.8) is 0 Å². The second-order valence-electron chi connectivity index (χ2n) is 5.39. The third-order valence-electron chi connectivity index (χ3n) is 3.92. The Morgan fingerprint density at radius 2 is 2.33 bits per heavy atom. The molecule has 0 aliphatic heterocycles. The molecule has 7 nitrogen and oxygen atoms in total. The van der Waals surface area contributed by atoms with Crippen molar-refractivity contribution < 1.29 is 14.6 Å². The van der Waals surface area contributed by atoms with Gasteiger partial charge in [-0.2, -0.15) is 5.10 Å². The Labute approximate surface area is 124 Å². The fourth-order valence-electron chi connectivity index (χ4n) is 2.72. The van der Waals surface area contributed by atoms with Gasteiger partial charge in [-0.25, -0.2) is 9.48 Å². The highest BCUT2D eigenvalue weighted by atomic mass is 16.5. The van der Waals surface area contributed by atoms with Crippen LogP contribution in [0.3, 0.4) is 0 Å². The summed E-state index contributed by atoms with van der Waals surface area (Å²) >= 11 is 0. The van der Waals surface area contributed by atoms with Crippen LogP contribution in [0.4, 0.5) is 11.6 Å². The number of nitrogens with zero attached hydrogens (tertiary/aromatic N) is 2. The largest absolute Gasteiger partial charge is 0.465 e. The molecule has 1 aromatic rings. The summed E-state index contributed by atoms with van der Waals surface area (Å²) in [5, 5.41) is 17.6. The minimum absolute atomic E-state index is 0.171. The van der Waals surface area contributed by atoms with E-state index >= 15 is 0 Å². The van der Waals surface area contributed by atoms with Crippen molar-refractivity contribution in [1.29, 1.82) is 0 Å². The number of hydrogen-bond acceptors (Lipinski definition) is 6. The van der Waals surface area contributed by atoms with E-state index in [2.05, 4.69) is 17.3 Å². The van der Waals surface area contributed by atoms with E-state index in [4.69, 9.17) is 10.5 Å². The van der Waals surface area contributed by atoms with E-state index in [1.165, 1.54) is 7.11 Å². The zero-order valence-corrected chi connectivity index (χ0v) is 12.6. The number of ether oxygens (including phenoxy) is 1. The van der Waals surface area contributed by atoms with Crippen LogP contribution >= 0.6 is 0 Å². The first kappa shape index (κ1) is 15.6. The maximum atomic E-state index is 11.9. The van der Waals surface area contributed by atoms with Gasteiger partial charge in [-0.3, -0.25) is 0 Å². The van der Waals surface area contributed by atoms with Crippen molar-refractivity contribution in [2.24, 2.45) is 0 Å². The molecule has 2 atom stereocenters.